The van der Waals surface area contributed by atoms with Crippen LogP contribution in [0.25, 0.3) is 16.8 Å². The molecule has 0 amide bonds. The largest absolute Gasteiger partial charge is 0.330 e. The summed E-state index contributed by atoms with van der Waals surface area (Å²) >= 11 is 0. The minimum absolute atomic E-state index is 0.612. The van der Waals surface area contributed by atoms with Crippen LogP contribution in [0.4, 0.5) is 0 Å². The van der Waals surface area contributed by atoms with Crippen molar-refractivity contribution in [2.75, 3.05) is 6.54 Å². The molecule has 0 saturated carbocycles. The van der Waals surface area contributed by atoms with Crippen LogP contribution >= 0.6 is 0 Å². The highest BCUT2D eigenvalue weighted by atomic mass is 15.0. The van der Waals surface area contributed by atoms with Crippen LogP contribution in [0, 0.1) is 6.92 Å². The van der Waals surface area contributed by atoms with E-state index in [0.717, 1.165) is 29.0 Å². The van der Waals surface area contributed by atoms with Crippen LogP contribution in [0.5, 0.6) is 0 Å². The van der Waals surface area contributed by atoms with Crippen LogP contribution < -0.4 is 5.73 Å². The van der Waals surface area contributed by atoms with Gasteiger partial charge in [0.2, 0.25) is 0 Å². The van der Waals surface area contributed by atoms with Crippen LogP contribution in [0.2, 0.25) is 0 Å². The van der Waals surface area contributed by atoms with Gasteiger partial charge >= 0.3 is 0 Å². The zero-order valence-electron chi connectivity index (χ0n) is 11.0. The van der Waals surface area contributed by atoms with E-state index in [2.05, 4.69) is 41.7 Å². The lowest BCUT2D eigenvalue weighted by atomic mass is 10.1. The molecule has 3 nitrogen and oxygen atoms in total. The fraction of sp³-hybridized carbons (Fsp3) is 0.188. The van der Waals surface area contributed by atoms with E-state index in [1.165, 1.54) is 5.56 Å². The summed E-state index contributed by atoms with van der Waals surface area (Å²) in [5.74, 6) is 1.02. The van der Waals surface area contributed by atoms with E-state index in [1.54, 1.807) is 0 Å². The van der Waals surface area contributed by atoms with E-state index in [1.807, 2.05) is 18.3 Å². The van der Waals surface area contributed by atoms with Gasteiger partial charge in [0.05, 0.1) is 11.2 Å². The normalized spacial score (nSPS) is 11.1. The number of pyridine rings is 1. The summed E-state index contributed by atoms with van der Waals surface area (Å²) in [5.41, 5.74) is 10.2. The third-order valence-corrected chi connectivity index (χ3v) is 3.28. The predicted octanol–water partition coefficient (Wildman–Crippen LogP) is 2.81. The zero-order chi connectivity index (χ0) is 13.2. The van der Waals surface area contributed by atoms with Gasteiger partial charge in [-0.15, -0.1) is 0 Å². The van der Waals surface area contributed by atoms with Crippen LogP contribution in [0.3, 0.4) is 0 Å². The van der Waals surface area contributed by atoms with Crippen molar-refractivity contribution in [2.45, 2.75) is 13.3 Å². The van der Waals surface area contributed by atoms with Crippen LogP contribution in [-0.4, -0.2) is 15.9 Å². The van der Waals surface area contributed by atoms with E-state index in [0.29, 0.717) is 6.54 Å². The molecule has 3 aromatic rings. The Bertz CT molecular complexity index is 713. The van der Waals surface area contributed by atoms with Gasteiger partial charge in [0, 0.05) is 18.2 Å². The highest BCUT2D eigenvalue weighted by molar-refractivity contribution is 5.78. The summed E-state index contributed by atoms with van der Waals surface area (Å²) in [6.07, 6.45) is 2.84. The SMILES string of the molecule is Cc1cccc(-c2nc(CCN)n3ccccc23)c1. The minimum atomic E-state index is 0.612. The smallest absolute Gasteiger partial charge is 0.115 e. The van der Waals surface area contributed by atoms with Crippen molar-refractivity contribution in [1.29, 1.82) is 0 Å². The Hall–Kier alpha value is -2.13. The van der Waals surface area contributed by atoms with Gasteiger partial charge in [0.25, 0.3) is 0 Å². The summed E-state index contributed by atoms with van der Waals surface area (Å²) < 4.78 is 2.13. The molecule has 0 radical (unpaired) electrons. The molecule has 0 spiro atoms. The Morgan fingerprint density at radius 1 is 1.16 bits per heavy atom. The Labute approximate surface area is 112 Å². The third kappa shape index (κ3) is 2.13. The maximum Gasteiger partial charge on any atom is 0.115 e. The number of aromatic nitrogens is 2. The fourth-order valence-electron chi connectivity index (χ4n) is 2.41. The van der Waals surface area contributed by atoms with Crippen molar-refractivity contribution in [3.63, 3.8) is 0 Å². The molecule has 3 heteroatoms. The Morgan fingerprint density at radius 3 is 2.84 bits per heavy atom. The quantitative estimate of drug-likeness (QED) is 0.778. The van der Waals surface area contributed by atoms with Gasteiger partial charge < -0.3 is 10.1 Å². The second kappa shape index (κ2) is 4.86. The number of rotatable bonds is 3. The maximum absolute atomic E-state index is 5.67. The van der Waals surface area contributed by atoms with E-state index in [-0.39, 0.29) is 0 Å². The second-order valence-electron chi connectivity index (χ2n) is 4.74. The van der Waals surface area contributed by atoms with Gasteiger partial charge in [-0.25, -0.2) is 4.98 Å². The molecule has 1 aromatic carbocycles. The summed E-state index contributed by atoms with van der Waals surface area (Å²) in [4.78, 5) is 4.77. The number of benzene rings is 1. The topological polar surface area (TPSA) is 43.3 Å². The van der Waals surface area contributed by atoms with E-state index in [9.17, 15) is 0 Å². The van der Waals surface area contributed by atoms with E-state index >= 15 is 0 Å². The van der Waals surface area contributed by atoms with Crippen molar-refractivity contribution >= 4 is 5.52 Å². The van der Waals surface area contributed by atoms with Gasteiger partial charge in [-0.05, 0) is 31.7 Å². The number of nitrogens with zero attached hydrogens (tertiary/aromatic N) is 2. The molecule has 0 aliphatic rings. The Kier molecular flexibility index (Phi) is 3.05. The summed E-state index contributed by atoms with van der Waals surface area (Å²) in [7, 11) is 0. The molecule has 2 heterocycles. The Morgan fingerprint density at radius 2 is 2.05 bits per heavy atom. The lowest BCUT2D eigenvalue weighted by molar-refractivity contribution is 0.864. The van der Waals surface area contributed by atoms with Crippen LogP contribution in [0.1, 0.15) is 11.4 Å². The predicted molar refractivity (Wildman–Crippen MR) is 78.1 cm³/mol. The molecule has 19 heavy (non-hydrogen) atoms. The first-order valence-electron chi connectivity index (χ1n) is 6.52. The van der Waals surface area contributed by atoms with Gasteiger partial charge in [-0.3, -0.25) is 0 Å². The fourth-order valence-corrected chi connectivity index (χ4v) is 2.41. The summed E-state index contributed by atoms with van der Waals surface area (Å²) in [6, 6.07) is 14.6. The minimum Gasteiger partial charge on any atom is -0.330 e. The molecular weight excluding hydrogens is 234 g/mol. The molecule has 2 aromatic heterocycles. The molecule has 0 atom stereocenters. The van der Waals surface area contributed by atoms with Gasteiger partial charge in [-0.1, -0.05) is 29.8 Å². The molecule has 0 fully saturated rings. The number of hydrogen-bond acceptors (Lipinski definition) is 2. The molecule has 0 aliphatic heterocycles. The molecular formula is C16H17N3. The lowest BCUT2D eigenvalue weighted by Gasteiger charge is -2.00. The summed E-state index contributed by atoms with van der Waals surface area (Å²) in [5, 5.41) is 0. The van der Waals surface area contributed by atoms with Crippen LogP contribution in [-0.2, 0) is 6.42 Å². The molecule has 0 saturated heterocycles. The number of fused-ring (bicyclic) bond motifs is 1. The monoisotopic (exact) mass is 251 g/mol. The van der Waals surface area contributed by atoms with Crippen molar-refractivity contribution in [3.05, 3.63) is 60.0 Å². The van der Waals surface area contributed by atoms with E-state index < -0.39 is 0 Å². The maximum atomic E-state index is 5.67. The van der Waals surface area contributed by atoms with Crippen molar-refractivity contribution in [3.8, 4) is 11.3 Å². The molecule has 0 bridgehead atoms. The number of aryl methyl sites for hydroxylation is 1. The summed E-state index contributed by atoms with van der Waals surface area (Å²) in [6.45, 7) is 2.71. The average Bonchev–Trinajstić information content (AvgIpc) is 2.79. The van der Waals surface area contributed by atoms with Crippen LogP contribution in [0.15, 0.2) is 48.7 Å². The first-order valence-corrected chi connectivity index (χ1v) is 6.52. The molecule has 0 unspecified atom stereocenters. The van der Waals surface area contributed by atoms with Crippen molar-refractivity contribution < 1.29 is 0 Å². The number of nitrogens with two attached hydrogens (primary N) is 1. The Balaban J connectivity index is 2.23. The molecule has 2 N–H and O–H groups in total. The van der Waals surface area contributed by atoms with Gasteiger partial charge in [0.1, 0.15) is 5.82 Å². The van der Waals surface area contributed by atoms with Gasteiger partial charge in [0.15, 0.2) is 0 Å². The van der Waals surface area contributed by atoms with Crippen molar-refractivity contribution in [1.82, 2.24) is 9.38 Å². The highest BCUT2D eigenvalue weighted by Crippen LogP contribution is 2.25. The lowest BCUT2D eigenvalue weighted by Crippen LogP contribution is -2.06. The first kappa shape index (κ1) is 11.9. The number of imidazole rings is 1. The van der Waals surface area contributed by atoms with E-state index in [4.69, 9.17) is 10.7 Å². The highest BCUT2D eigenvalue weighted by Gasteiger charge is 2.11. The third-order valence-electron chi connectivity index (χ3n) is 3.28. The zero-order valence-corrected chi connectivity index (χ0v) is 11.0. The average molecular weight is 251 g/mol. The van der Waals surface area contributed by atoms with Gasteiger partial charge in [-0.2, -0.15) is 0 Å². The first-order chi connectivity index (χ1) is 9.29. The van der Waals surface area contributed by atoms with Crippen molar-refractivity contribution in [2.24, 2.45) is 5.73 Å². The number of hydrogen-bond donors (Lipinski definition) is 1. The second-order valence-corrected chi connectivity index (χ2v) is 4.74. The molecule has 0 aliphatic carbocycles. The molecule has 3 rings (SSSR count). The molecule has 96 valence electrons. The standard InChI is InChI=1S/C16H17N3/c1-12-5-4-6-13(11-12)16-14-7-2-3-10-19(14)15(18-16)8-9-17/h2-7,10-11H,8-9,17H2,1H3.